The minimum atomic E-state index is -0.213. The fraction of sp³-hybridized carbons (Fsp3) is 0.926. The van der Waals surface area contributed by atoms with E-state index in [2.05, 4.69) is 5.32 Å². The summed E-state index contributed by atoms with van der Waals surface area (Å²) >= 11 is 0. The normalized spacial score (nSPS) is 27.0. The Bertz CT molecular complexity index is 556. The summed E-state index contributed by atoms with van der Waals surface area (Å²) in [5, 5.41) is 3.23. The highest BCUT2D eigenvalue weighted by atomic mass is 16.2. The predicted octanol–water partition coefficient (Wildman–Crippen LogP) is 5.84. The lowest BCUT2D eigenvalue weighted by atomic mass is 9.68. The number of nitrogens with one attached hydrogen (secondary N) is 1. The molecular formula is C27H46N2O2. The van der Waals surface area contributed by atoms with Crippen LogP contribution in [-0.4, -0.2) is 35.8 Å². The summed E-state index contributed by atoms with van der Waals surface area (Å²) in [5.41, 5.74) is 0. The number of carbonyl (C=O) groups is 2. The zero-order valence-corrected chi connectivity index (χ0v) is 19.8. The molecule has 4 nitrogen and oxygen atoms in total. The Balaban J connectivity index is 1.34. The van der Waals surface area contributed by atoms with Gasteiger partial charge in [-0.3, -0.25) is 9.59 Å². The standard InChI is InChI=1S/C27H46N2O2/c30-26(19-24(22-13-6-2-7-14-22)23-15-8-3-9-16-23)29-18-10-17-25(29)27(31)28-20-21-11-4-1-5-12-21/h21-25H,1-20H2,(H,28,31). The van der Waals surface area contributed by atoms with E-state index in [1.54, 1.807) is 0 Å². The van der Waals surface area contributed by atoms with E-state index in [0.717, 1.165) is 37.8 Å². The van der Waals surface area contributed by atoms with Crippen molar-refractivity contribution in [1.82, 2.24) is 10.2 Å². The molecule has 0 aromatic heterocycles. The summed E-state index contributed by atoms with van der Waals surface area (Å²) < 4.78 is 0. The van der Waals surface area contributed by atoms with Gasteiger partial charge in [-0.2, -0.15) is 0 Å². The van der Waals surface area contributed by atoms with Crippen molar-refractivity contribution in [2.24, 2.45) is 23.7 Å². The smallest absolute Gasteiger partial charge is 0.242 e. The van der Waals surface area contributed by atoms with E-state index >= 15 is 0 Å². The molecule has 4 fully saturated rings. The van der Waals surface area contributed by atoms with Crippen LogP contribution < -0.4 is 5.32 Å². The molecular weight excluding hydrogens is 384 g/mol. The van der Waals surface area contributed by atoms with E-state index in [1.165, 1.54) is 96.3 Å². The number of hydrogen-bond acceptors (Lipinski definition) is 2. The quantitative estimate of drug-likeness (QED) is 0.551. The van der Waals surface area contributed by atoms with Crippen molar-refractivity contribution >= 4 is 11.8 Å². The second-order valence-electron chi connectivity index (χ2n) is 11.2. The minimum Gasteiger partial charge on any atom is -0.354 e. The summed E-state index contributed by atoms with van der Waals surface area (Å²) in [6, 6.07) is -0.213. The van der Waals surface area contributed by atoms with Crippen LogP contribution in [0.15, 0.2) is 0 Å². The highest BCUT2D eigenvalue weighted by Gasteiger charge is 2.38. The summed E-state index contributed by atoms with van der Waals surface area (Å²) in [6.07, 6.45) is 22.4. The number of nitrogens with zero attached hydrogens (tertiary/aromatic N) is 1. The lowest BCUT2D eigenvalue weighted by molar-refractivity contribution is -0.140. The van der Waals surface area contributed by atoms with Crippen LogP contribution in [0, 0.1) is 23.7 Å². The molecule has 31 heavy (non-hydrogen) atoms. The first kappa shape index (κ1) is 23.1. The van der Waals surface area contributed by atoms with Gasteiger partial charge in [0.15, 0.2) is 0 Å². The maximum atomic E-state index is 13.5. The molecule has 0 bridgehead atoms. The summed E-state index contributed by atoms with van der Waals surface area (Å²) in [7, 11) is 0. The Morgan fingerprint density at radius 2 is 1.26 bits per heavy atom. The largest absolute Gasteiger partial charge is 0.354 e. The van der Waals surface area contributed by atoms with Gasteiger partial charge in [0, 0.05) is 19.5 Å². The Kier molecular flexibility index (Phi) is 8.72. The molecule has 0 aromatic carbocycles. The lowest BCUT2D eigenvalue weighted by Crippen LogP contribution is -2.48. The van der Waals surface area contributed by atoms with E-state index in [9.17, 15) is 9.59 Å². The Labute approximate surface area is 190 Å². The van der Waals surface area contributed by atoms with Gasteiger partial charge in [-0.1, -0.05) is 83.5 Å². The second kappa shape index (κ2) is 11.7. The first-order valence-electron chi connectivity index (χ1n) is 13.8. The molecule has 1 N–H and O–H groups in total. The van der Waals surface area contributed by atoms with E-state index in [4.69, 9.17) is 0 Å². The SMILES string of the molecule is O=C(NCC1CCCCC1)C1CCCN1C(=O)CC(C1CCCCC1)C1CCCCC1. The third kappa shape index (κ3) is 6.26. The summed E-state index contributed by atoms with van der Waals surface area (Å²) in [5.74, 6) is 3.06. The van der Waals surface area contributed by atoms with Crippen LogP contribution in [0.3, 0.4) is 0 Å². The first-order chi connectivity index (χ1) is 15.2. The highest BCUT2D eigenvalue weighted by molar-refractivity contribution is 5.88. The van der Waals surface area contributed by atoms with Crippen LogP contribution in [0.1, 0.15) is 116 Å². The number of carbonyl (C=O) groups excluding carboxylic acids is 2. The molecule has 4 rings (SSSR count). The lowest BCUT2D eigenvalue weighted by Gasteiger charge is -2.38. The van der Waals surface area contributed by atoms with Crippen molar-refractivity contribution in [2.45, 2.75) is 122 Å². The van der Waals surface area contributed by atoms with Crippen LogP contribution in [0.4, 0.5) is 0 Å². The fourth-order valence-electron chi connectivity index (χ4n) is 7.25. The molecule has 2 amide bonds. The molecule has 0 spiro atoms. The molecule has 4 heteroatoms. The van der Waals surface area contributed by atoms with E-state index in [0.29, 0.717) is 18.3 Å². The fourth-order valence-corrected chi connectivity index (χ4v) is 7.25. The topological polar surface area (TPSA) is 49.4 Å². The number of hydrogen-bond donors (Lipinski definition) is 1. The van der Waals surface area contributed by atoms with Crippen LogP contribution >= 0.6 is 0 Å². The van der Waals surface area contributed by atoms with Crippen molar-refractivity contribution in [3.63, 3.8) is 0 Å². The van der Waals surface area contributed by atoms with E-state index in [-0.39, 0.29) is 17.9 Å². The van der Waals surface area contributed by atoms with Crippen molar-refractivity contribution in [3.8, 4) is 0 Å². The average molecular weight is 431 g/mol. The number of likely N-dealkylation sites (tertiary alicyclic amines) is 1. The molecule has 1 atom stereocenters. The van der Waals surface area contributed by atoms with Crippen molar-refractivity contribution < 1.29 is 9.59 Å². The van der Waals surface area contributed by atoms with Crippen LogP contribution in [0.2, 0.25) is 0 Å². The maximum Gasteiger partial charge on any atom is 0.242 e. The van der Waals surface area contributed by atoms with E-state index < -0.39 is 0 Å². The van der Waals surface area contributed by atoms with E-state index in [1.807, 2.05) is 4.90 Å². The molecule has 1 heterocycles. The minimum absolute atomic E-state index is 0.114. The van der Waals surface area contributed by atoms with Gasteiger partial charge < -0.3 is 10.2 Å². The van der Waals surface area contributed by atoms with Gasteiger partial charge in [0.05, 0.1) is 0 Å². The Morgan fingerprint density at radius 1 is 0.710 bits per heavy atom. The zero-order chi connectivity index (χ0) is 21.5. The van der Waals surface area contributed by atoms with Crippen molar-refractivity contribution in [1.29, 1.82) is 0 Å². The molecule has 3 aliphatic carbocycles. The third-order valence-electron chi connectivity index (χ3n) is 9.09. The average Bonchev–Trinajstić information content (AvgIpc) is 3.33. The Morgan fingerprint density at radius 3 is 1.84 bits per heavy atom. The van der Waals surface area contributed by atoms with Gasteiger partial charge in [-0.15, -0.1) is 0 Å². The van der Waals surface area contributed by atoms with Crippen LogP contribution in [0.25, 0.3) is 0 Å². The third-order valence-corrected chi connectivity index (χ3v) is 9.09. The number of amides is 2. The van der Waals surface area contributed by atoms with Crippen LogP contribution in [-0.2, 0) is 9.59 Å². The van der Waals surface area contributed by atoms with Gasteiger partial charge >= 0.3 is 0 Å². The van der Waals surface area contributed by atoms with Gasteiger partial charge in [-0.25, -0.2) is 0 Å². The molecule has 176 valence electrons. The predicted molar refractivity (Wildman–Crippen MR) is 126 cm³/mol. The monoisotopic (exact) mass is 430 g/mol. The molecule has 3 saturated carbocycles. The van der Waals surface area contributed by atoms with Gasteiger partial charge in [-0.05, 0) is 49.4 Å². The summed E-state index contributed by atoms with van der Waals surface area (Å²) in [4.78, 5) is 28.5. The second-order valence-corrected chi connectivity index (χ2v) is 11.2. The van der Waals surface area contributed by atoms with Gasteiger partial charge in [0.1, 0.15) is 6.04 Å². The highest BCUT2D eigenvalue weighted by Crippen LogP contribution is 2.42. The number of rotatable bonds is 7. The Hall–Kier alpha value is -1.06. The molecule has 1 aliphatic heterocycles. The van der Waals surface area contributed by atoms with Crippen molar-refractivity contribution in [3.05, 3.63) is 0 Å². The molecule has 1 unspecified atom stereocenters. The summed E-state index contributed by atoms with van der Waals surface area (Å²) in [6.45, 7) is 1.59. The molecule has 1 saturated heterocycles. The molecule has 0 aromatic rings. The molecule has 4 aliphatic rings. The van der Waals surface area contributed by atoms with Crippen LogP contribution in [0.5, 0.6) is 0 Å². The molecule has 0 radical (unpaired) electrons. The zero-order valence-electron chi connectivity index (χ0n) is 19.8. The van der Waals surface area contributed by atoms with Gasteiger partial charge in [0.25, 0.3) is 0 Å². The first-order valence-corrected chi connectivity index (χ1v) is 13.8. The van der Waals surface area contributed by atoms with Gasteiger partial charge in [0.2, 0.25) is 11.8 Å². The maximum absolute atomic E-state index is 13.5. The van der Waals surface area contributed by atoms with Crippen molar-refractivity contribution in [2.75, 3.05) is 13.1 Å².